The first-order valence-electron chi connectivity index (χ1n) is 8.81. The van der Waals surface area contributed by atoms with Crippen LogP contribution in [0.4, 0.5) is 0 Å². The molecule has 0 aromatic rings. The van der Waals surface area contributed by atoms with Crippen LogP contribution in [-0.4, -0.2) is 34.0 Å². The number of aliphatic carboxylic acids is 1. The lowest BCUT2D eigenvalue weighted by molar-refractivity contribution is -0.137. The van der Waals surface area contributed by atoms with Crippen LogP contribution < -0.4 is 0 Å². The molecular weight excluding hydrogens is 304 g/mol. The standard InChI is InChI=1S/C20H32O4/c21-18-14-10-12-16-19(22)15-11-8-6-4-2-1-3-5-7-9-13-17-20(23)24/h1-2,5-8,11,15,19,21-22H,3-4,9-10,12-14,16-18H2,(H,23,24)/b2-1+,7-5+,8-6+,15-11+. The summed E-state index contributed by atoms with van der Waals surface area (Å²) in [7, 11) is 0. The van der Waals surface area contributed by atoms with E-state index in [0.717, 1.165) is 44.9 Å². The second-order valence-electron chi connectivity index (χ2n) is 5.65. The lowest BCUT2D eigenvalue weighted by Gasteiger charge is -2.03. The second-order valence-corrected chi connectivity index (χ2v) is 5.65. The summed E-state index contributed by atoms with van der Waals surface area (Å²) >= 11 is 0. The molecule has 1 atom stereocenters. The molecule has 0 aliphatic heterocycles. The number of unbranched alkanes of at least 4 members (excludes halogenated alkanes) is 3. The molecule has 4 nitrogen and oxygen atoms in total. The quantitative estimate of drug-likeness (QED) is 0.238. The van der Waals surface area contributed by atoms with Crippen LogP contribution in [0.3, 0.4) is 0 Å². The third kappa shape index (κ3) is 18.4. The van der Waals surface area contributed by atoms with Crippen LogP contribution in [-0.2, 0) is 4.79 Å². The molecule has 0 aromatic carbocycles. The summed E-state index contributed by atoms with van der Waals surface area (Å²) in [6.45, 7) is 0.225. The minimum absolute atomic E-state index is 0.225. The van der Waals surface area contributed by atoms with Gasteiger partial charge in [0.1, 0.15) is 0 Å². The Morgan fingerprint density at radius 1 is 0.875 bits per heavy atom. The summed E-state index contributed by atoms with van der Waals surface area (Å²) < 4.78 is 0. The van der Waals surface area contributed by atoms with Crippen molar-refractivity contribution in [1.82, 2.24) is 0 Å². The summed E-state index contributed by atoms with van der Waals surface area (Å²) in [5.41, 5.74) is 0. The molecule has 3 N–H and O–H groups in total. The molecule has 0 spiro atoms. The van der Waals surface area contributed by atoms with Gasteiger partial charge in [0, 0.05) is 13.0 Å². The molecule has 0 radical (unpaired) electrons. The van der Waals surface area contributed by atoms with Gasteiger partial charge in [-0.15, -0.1) is 0 Å². The van der Waals surface area contributed by atoms with Gasteiger partial charge in [-0.3, -0.25) is 4.79 Å². The van der Waals surface area contributed by atoms with Gasteiger partial charge in [-0.25, -0.2) is 0 Å². The van der Waals surface area contributed by atoms with Crippen molar-refractivity contribution in [2.24, 2.45) is 0 Å². The van der Waals surface area contributed by atoms with E-state index in [2.05, 4.69) is 18.2 Å². The smallest absolute Gasteiger partial charge is 0.303 e. The highest BCUT2D eigenvalue weighted by molar-refractivity contribution is 5.66. The Morgan fingerprint density at radius 2 is 1.58 bits per heavy atom. The van der Waals surface area contributed by atoms with Gasteiger partial charge in [0.25, 0.3) is 0 Å². The third-order valence-electron chi connectivity index (χ3n) is 3.38. The lowest BCUT2D eigenvalue weighted by Crippen LogP contribution is -2.01. The zero-order chi connectivity index (χ0) is 17.9. The first-order valence-corrected chi connectivity index (χ1v) is 8.81. The van der Waals surface area contributed by atoms with E-state index in [0.29, 0.717) is 6.42 Å². The SMILES string of the molecule is O=C(O)CCC/C=C/C/C=C/C/C=C/C=C/C(O)CCCCCO. The van der Waals surface area contributed by atoms with Crippen LogP contribution in [0, 0.1) is 0 Å². The minimum Gasteiger partial charge on any atom is -0.481 e. The highest BCUT2D eigenvalue weighted by Gasteiger charge is 1.97. The molecule has 0 rings (SSSR count). The van der Waals surface area contributed by atoms with Gasteiger partial charge < -0.3 is 15.3 Å². The Balaban J connectivity index is 3.57. The average molecular weight is 336 g/mol. The molecule has 0 heterocycles. The lowest BCUT2D eigenvalue weighted by atomic mass is 10.1. The van der Waals surface area contributed by atoms with Crippen LogP contribution in [0.1, 0.15) is 57.8 Å². The molecule has 0 bridgehead atoms. The van der Waals surface area contributed by atoms with E-state index in [1.54, 1.807) is 6.08 Å². The van der Waals surface area contributed by atoms with Crippen LogP contribution in [0.2, 0.25) is 0 Å². The second kappa shape index (κ2) is 17.7. The maximum absolute atomic E-state index is 10.3. The van der Waals surface area contributed by atoms with Crippen LogP contribution in [0.15, 0.2) is 48.6 Å². The molecule has 0 aliphatic rings. The van der Waals surface area contributed by atoms with Crippen molar-refractivity contribution in [3.8, 4) is 0 Å². The molecule has 0 fully saturated rings. The maximum Gasteiger partial charge on any atom is 0.303 e. The molecule has 0 saturated carbocycles. The van der Waals surface area contributed by atoms with Crippen molar-refractivity contribution in [2.45, 2.75) is 63.9 Å². The monoisotopic (exact) mass is 336 g/mol. The number of aliphatic hydroxyl groups excluding tert-OH is 2. The summed E-state index contributed by atoms with van der Waals surface area (Å²) in [5, 5.41) is 26.9. The van der Waals surface area contributed by atoms with E-state index < -0.39 is 12.1 Å². The number of aliphatic hydroxyl groups is 2. The van der Waals surface area contributed by atoms with Crippen molar-refractivity contribution in [3.63, 3.8) is 0 Å². The predicted octanol–water partition coefficient (Wildman–Crippen LogP) is 4.16. The number of allylic oxidation sites excluding steroid dienone is 7. The first-order chi connectivity index (χ1) is 11.7. The van der Waals surface area contributed by atoms with E-state index in [1.165, 1.54) is 0 Å². The molecule has 136 valence electrons. The molecule has 24 heavy (non-hydrogen) atoms. The topological polar surface area (TPSA) is 77.8 Å². The third-order valence-corrected chi connectivity index (χ3v) is 3.38. The molecule has 0 amide bonds. The van der Waals surface area contributed by atoms with Crippen LogP contribution in [0.25, 0.3) is 0 Å². The Labute approximate surface area is 145 Å². The molecule has 1 unspecified atom stereocenters. The predicted molar refractivity (Wildman–Crippen MR) is 98.8 cm³/mol. The Hall–Kier alpha value is -1.65. The Morgan fingerprint density at radius 3 is 2.29 bits per heavy atom. The highest BCUT2D eigenvalue weighted by atomic mass is 16.4. The summed E-state index contributed by atoms with van der Waals surface area (Å²) in [6.07, 6.45) is 22.3. The van der Waals surface area contributed by atoms with Crippen molar-refractivity contribution >= 4 is 5.97 Å². The molecule has 0 saturated heterocycles. The highest BCUT2D eigenvalue weighted by Crippen LogP contribution is 2.04. The van der Waals surface area contributed by atoms with E-state index >= 15 is 0 Å². The summed E-state index contributed by atoms with van der Waals surface area (Å²) in [5.74, 6) is -0.738. The Kier molecular flexibility index (Phi) is 16.5. The number of hydrogen-bond donors (Lipinski definition) is 3. The molecular formula is C20H32O4. The van der Waals surface area contributed by atoms with E-state index in [4.69, 9.17) is 10.2 Å². The van der Waals surface area contributed by atoms with Gasteiger partial charge in [-0.1, -0.05) is 61.4 Å². The van der Waals surface area contributed by atoms with Gasteiger partial charge in [0.05, 0.1) is 6.10 Å². The largest absolute Gasteiger partial charge is 0.481 e. The minimum atomic E-state index is -0.738. The Bertz CT molecular complexity index is 408. The number of rotatable bonds is 15. The molecule has 4 heteroatoms. The van der Waals surface area contributed by atoms with Crippen molar-refractivity contribution < 1.29 is 20.1 Å². The fraction of sp³-hybridized carbons (Fsp3) is 0.550. The molecule has 0 aromatic heterocycles. The fourth-order valence-corrected chi connectivity index (χ4v) is 2.02. The first kappa shape index (κ1) is 22.4. The van der Waals surface area contributed by atoms with Gasteiger partial charge in [0.2, 0.25) is 0 Å². The number of hydrogen-bond acceptors (Lipinski definition) is 3. The summed E-state index contributed by atoms with van der Waals surface area (Å²) in [6, 6.07) is 0. The van der Waals surface area contributed by atoms with E-state index in [9.17, 15) is 9.90 Å². The van der Waals surface area contributed by atoms with Gasteiger partial charge in [0.15, 0.2) is 0 Å². The number of carboxylic acid groups (broad SMARTS) is 1. The van der Waals surface area contributed by atoms with E-state index in [-0.39, 0.29) is 13.0 Å². The van der Waals surface area contributed by atoms with E-state index in [1.807, 2.05) is 24.3 Å². The van der Waals surface area contributed by atoms with Gasteiger partial charge in [-0.2, -0.15) is 0 Å². The zero-order valence-electron chi connectivity index (χ0n) is 14.5. The zero-order valence-corrected chi connectivity index (χ0v) is 14.5. The average Bonchev–Trinajstić information content (AvgIpc) is 2.55. The van der Waals surface area contributed by atoms with Gasteiger partial charge in [-0.05, 0) is 38.5 Å². The van der Waals surface area contributed by atoms with Gasteiger partial charge >= 0.3 is 5.97 Å². The number of carbonyl (C=O) groups is 1. The van der Waals surface area contributed by atoms with Crippen molar-refractivity contribution in [1.29, 1.82) is 0 Å². The fourth-order valence-electron chi connectivity index (χ4n) is 2.02. The van der Waals surface area contributed by atoms with Crippen LogP contribution in [0.5, 0.6) is 0 Å². The van der Waals surface area contributed by atoms with Crippen molar-refractivity contribution in [2.75, 3.05) is 6.61 Å². The van der Waals surface area contributed by atoms with Crippen molar-refractivity contribution in [3.05, 3.63) is 48.6 Å². The summed E-state index contributed by atoms with van der Waals surface area (Å²) in [4.78, 5) is 10.3. The molecule has 0 aliphatic carbocycles. The maximum atomic E-state index is 10.3. The van der Waals surface area contributed by atoms with Crippen LogP contribution >= 0.6 is 0 Å². The number of carboxylic acids is 1. The normalized spacial score (nSPS) is 13.8.